The molecule has 0 atom stereocenters. The summed E-state index contributed by atoms with van der Waals surface area (Å²) in [5.41, 5.74) is 1.44. The van der Waals surface area contributed by atoms with Crippen molar-refractivity contribution in [2.24, 2.45) is 0 Å². The van der Waals surface area contributed by atoms with Crippen LogP contribution in [0.1, 0.15) is 38.7 Å². The Labute approximate surface area is 142 Å². The molecule has 1 aromatic carbocycles. The Hall–Kier alpha value is -1.75. The molecule has 1 rings (SSSR count). The Morgan fingerprint density at radius 1 is 1.30 bits per heavy atom. The van der Waals surface area contributed by atoms with E-state index in [1.165, 1.54) is 14.0 Å². The maximum atomic E-state index is 12.1. The number of methoxy groups -OCH3 is 1. The van der Waals surface area contributed by atoms with Crippen LogP contribution in [0.25, 0.3) is 0 Å². The molecule has 6 heteroatoms. The number of rotatable bonds is 8. The standard InChI is InChI=1S/C17H25ClN2O3/c1-5-6-8-20(13(3)21)9-7-17(22)19-15-10-12(2)14(18)11-16(15)23-4/h10-11H,5-9H2,1-4H3,(H,19,22). The molecule has 0 saturated carbocycles. The van der Waals surface area contributed by atoms with Crippen LogP contribution in [-0.2, 0) is 9.59 Å². The minimum atomic E-state index is -0.159. The summed E-state index contributed by atoms with van der Waals surface area (Å²) in [5.74, 6) is 0.349. The first-order valence-corrected chi connectivity index (χ1v) is 8.16. The fourth-order valence-electron chi connectivity index (χ4n) is 2.15. The molecular weight excluding hydrogens is 316 g/mol. The van der Waals surface area contributed by atoms with E-state index in [9.17, 15) is 9.59 Å². The molecule has 0 saturated heterocycles. The van der Waals surface area contributed by atoms with E-state index in [0.29, 0.717) is 29.5 Å². The van der Waals surface area contributed by atoms with Crippen LogP contribution in [0, 0.1) is 6.92 Å². The molecule has 1 aromatic rings. The van der Waals surface area contributed by atoms with Crippen molar-refractivity contribution in [2.75, 3.05) is 25.5 Å². The van der Waals surface area contributed by atoms with E-state index in [-0.39, 0.29) is 18.2 Å². The first-order chi connectivity index (χ1) is 10.9. The highest BCUT2D eigenvalue weighted by Crippen LogP contribution is 2.30. The van der Waals surface area contributed by atoms with Crippen molar-refractivity contribution in [3.8, 4) is 5.75 Å². The van der Waals surface area contributed by atoms with Gasteiger partial charge in [0.1, 0.15) is 5.75 Å². The van der Waals surface area contributed by atoms with Crippen LogP contribution in [0.2, 0.25) is 5.02 Å². The summed E-state index contributed by atoms with van der Waals surface area (Å²) >= 11 is 6.05. The lowest BCUT2D eigenvalue weighted by molar-refractivity contribution is -0.129. The Bertz CT molecular complexity index is 561. The molecule has 23 heavy (non-hydrogen) atoms. The molecule has 0 aliphatic rings. The van der Waals surface area contributed by atoms with E-state index in [0.717, 1.165) is 18.4 Å². The van der Waals surface area contributed by atoms with E-state index < -0.39 is 0 Å². The van der Waals surface area contributed by atoms with Gasteiger partial charge in [-0.05, 0) is 25.0 Å². The molecule has 0 unspecified atom stereocenters. The number of halogens is 1. The summed E-state index contributed by atoms with van der Waals surface area (Å²) in [6.45, 7) is 6.55. The van der Waals surface area contributed by atoms with Crippen molar-refractivity contribution in [1.29, 1.82) is 0 Å². The number of hydrogen-bond donors (Lipinski definition) is 1. The first kappa shape index (κ1) is 19.3. The van der Waals surface area contributed by atoms with Crippen molar-refractivity contribution in [3.05, 3.63) is 22.7 Å². The second kappa shape index (κ2) is 9.40. The quantitative estimate of drug-likeness (QED) is 0.786. The molecule has 1 N–H and O–H groups in total. The number of nitrogens with zero attached hydrogens (tertiary/aromatic N) is 1. The summed E-state index contributed by atoms with van der Waals surface area (Å²) in [5, 5.41) is 3.40. The van der Waals surface area contributed by atoms with Gasteiger partial charge in [-0.1, -0.05) is 24.9 Å². The molecule has 0 aliphatic carbocycles. The fraction of sp³-hybridized carbons (Fsp3) is 0.529. The second-order valence-electron chi connectivity index (χ2n) is 5.46. The molecular formula is C17H25ClN2O3. The number of aryl methyl sites for hydroxylation is 1. The van der Waals surface area contributed by atoms with Gasteiger partial charge in [-0.15, -0.1) is 0 Å². The van der Waals surface area contributed by atoms with Crippen LogP contribution >= 0.6 is 11.6 Å². The number of carbonyl (C=O) groups is 2. The van der Waals surface area contributed by atoms with Gasteiger partial charge in [0.15, 0.2) is 0 Å². The zero-order valence-corrected chi connectivity index (χ0v) is 15.0. The summed E-state index contributed by atoms with van der Waals surface area (Å²) in [4.78, 5) is 25.4. The molecule has 0 fully saturated rings. The number of nitrogens with one attached hydrogen (secondary N) is 1. The Morgan fingerprint density at radius 2 is 2.00 bits per heavy atom. The van der Waals surface area contributed by atoms with Crippen molar-refractivity contribution in [1.82, 2.24) is 4.90 Å². The van der Waals surface area contributed by atoms with Crippen molar-refractivity contribution < 1.29 is 14.3 Å². The molecule has 0 radical (unpaired) electrons. The average molecular weight is 341 g/mol. The molecule has 5 nitrogen and oxygen atoms in total. The van der Waals surface area contributed by atoms with Gasteiger partial charge in [-0.3, -0.25) is 9.59 Å². The Kier molecular flexibility index (Phi) is 7.89. The molecule has 0 heterocycles. The third-order valence-electron chi connectivity index (χ3n) is 3.59. The van der Waals surface area contributed by atoms with E-state index in [1.54, 1.807) is 17.0 Å². The van der Waals surface area contributed by atoms with Crippen LogP contribution in [0.15, 0.2) is 12.1 Å². The van der Waals surface area contributed by atoms with Gasteiger partial charge in [-0.25, -0.2) is 0 Å². The van der Waals surface area contributed by atoms with Gasteiger partial charge in [0.2, 0.25) is 11.8 Å². The van der Waals surface area contributed by atoms with Gasteiger partial charge in [-0.2, -0.15) is 0 Å². The maximum absolute atomic E-state index is 12.1. The zero-order chi connectivity index (χ0) is 17.4. The van der Waals surface area contributed by atoms with Gasteiger partial charge in [0.25, 0.3) is 0 Å². The highest BCUT2D eigenvalue weighted by atomic mass is 35.5. The van der Waals surface area contributed by atoms with Crippen LogP contribution in [-0.4, -0.2) is 36.9 Å². The third-order valence-corrected chi connectivity index (χ3v) is 4.00. The average Bonchev–Trinajstić information content (AvgIpc) is 2.50. The van der Waals surface area contributed by atoms with Crippen LogP contribution in [0.4, 0.5) is 5.69 Å². The minimum absolute atomic E-state index is 0.00818. The molecule has 0 aromatic heterocycles. The number of benzene rings is 1. The highest BCUT2D eigenvalue weighted by molar-refractivity contribution is 6.31. The summed E-state index contributed by atoms with van der Waals surface area (Å²) in [7, 11) is 1.53. The zero-order valence-electron chi connectivity index (χ0n) is 14.2. The molecule has 2 amide bonds. The summed E-state index contributed by atoms with van der Waals surface area (Å²) < 4.78 is 5.24. The minimum Gasteiger partial charge on any atom is -0.495 e. The lowest BCUT2D eigenvalue weighted by Gasteiger charge is -2.20. The lowest BCUT2D eigenvalue weighted by atomic mass is 10.2. The number of carbonyl (C=O) groups excluding carboxylic acids is 2. The number of anilines is 1. The molecule has 0 aliphatic heterocycles. The first-order valence-electron chi connectivity index (χ1n) is 7.78. The number of amides is 2. The van der Waals surface area contributed by atoms with E-state index >= 15 is 0 Å². The predicted molar refractivity (Wildman–Crippen MR) is 93.1 cm³/mol. The van der Waals surface area contributed by atoms with Crippen molar-refractivity contribution in [2.45, 2.75) is 40.0 Å². The van der Waals surface area contributed by atoms with Gasteiger partial charge < -0.3 is 15.0 Å². The van der Waals surface area contributed by atoms with Crippen LogP contribution in [0.3, 0.4) is 0 Å². The van der Waals surface area contributed by atoms with Gasteiger partial charge in [0.05, 0.1) is 12.8 Å². The smallest absolute Gasteiger partial charge is 0.226 e. The number of hydrogen-bond acceptors (Lipinski definition) is 3. The van der Waals surface area contributed by atoms with Crippen molar-refractivity contribution in [3.63, 3.8) is 0 Å². The van der Waals surface area contributed by atoms with Crippen LogP contribution in [0.5, 0.6) is 5.75 Å². The van der Waals surface area contributed by atoms with Crippen LogP contribution < -0.4 is 10.1 Å². The second-order valence-corrected chi connectivity index (χ2v) is 5.87. The topological polar surface area (TPSA) is 58.6 Å². The Balaban J connectivity index is 2.66. The SMILES string of the molecule is CCCCN(CCC(=O)Nc1cc(C)c(Cl)cc1OC)C(C)=O. The van der Waals surface area contributed by atoms with E-state index in [2.05, 4.69) is 12.2 Å². The van der Waals surface area contributed by atoms with Gasteiger partial charge >= 0.3 is 0 Å². The summed E-state index contributed by atoms with van der Waals surface area (Å²) in [6, 6.07) is 3.45. The maximum Gasteiger partial charge on any atom is 0.226 e. The number of unbranched alkanes of at least 4 members (excludes halogenated alkanes) is 1. The Morgan fingerprint density at radius 3 is 2.57 bits per heavy atom. The molecule has 128 valence electrons. The normalized spacial score (nSPS) is 10.3. The fourth-order valence-corrected chi connectivity index (χ4v) is 2.31. The van der Waals surface area contributed by atoms with Crippen molar-refractivity contribution >= 4 is 29.1 Å². The molecule has 0 bridgehead atoms. The summed E-state index contributed by atoms with van der Waals surface area (Å²) in [6.07, 6.45) is 2.19. The number of ether oxygens (including phenoxy) is 1. The van der Waals surface area contributed by atoms with E-state index in [4.69, 9.17) is 16.3 Å². The highest BCUT2D eigenvalue weighted by Gasteiger charge is 2.13. The lowest BCUT2D eigenvalue weighted by Crippen LogP contribution is -2.32. The predicted octanol–water partition coefficient (Wildman–Crippen LogP) is 3.63. The van der Waals surface area contributed by atoms with E-state index in [1.807, 2.05) is 6.92 Å². The van der Waals surface area contributed by atoms with Gasteiger partial charge in [0, 0.05) is 37.5 Å². The largest absolute Gasteiger partial charge is 0.495 e. The third kappa shape index (κ3) is 6.10. The molecule has 0 spiro atoms. The monoisotopic (exact) mass is 340 g/mol.